The Balaban J connectivity index is 1.95. The van der Waals surface area contributed by atoms with E-state index in [1.807, 2.05) is 25.0 Å². The van der Waals surface area contributed by atoms with Gasteiger partial charge in [-0.15, -0.1) is 11.8 Å². The molecule has 0 radical (unpaired) electrons. The summed E-state index contributed by atoms with van der Waals surface area (Å²) in [5.74, 6) is 0.344. The Labute approximate surface area is 145 Å². The highest BCUT2D eigenvalue weighted by atomic mass is 35.5. The Morgan fingerprint density at radius 2 is 2.09 bits per heavy atom. The second-order valence-corrected chi connectivity index (χ2v) is 7.77. The van der Waals surface area contributed by atoms with E-state index in [9.17, 15) is 4.79 Å². The number of aliphatic imine (C=N–C) groups is 1. The highest BCUT2D eigenvalue weighted by molar-refractivity contribution is 7.99. The molecule has 1 atom stereocenters. The topological polar surface area (TPSA) is 54.4 Å². The molecule has 0 saturated carbocycles. The maximum atomic E-state index is 13.1. The first kappa shape index (κ1) is 16.9. The molecule has 3 heterocycles. The summed E-state index contributed by atoms with van der Waals surface area (Å²) in [4.78, 5) is 19.3. The fourth-order valence-corrected chi connectivity index (χ4v) is 3.97. The van der Waals surface area contributed by atoms with Crippen molar-refractivity contribution in [3.8, 4) is 0 Å². The first-order chi connectivity index (χ1) is 10.9. The van der Waals surface area contributed by atoms with Crippen LogP contribution < -0.4 is 0 Å². The first-order valence-corrected chi connectivity index (χ1v) is 9.38. The molecular weight excluding hydrogens is 338 g/mol. The lowest BCUT2D eigenvalue weighted by Gasteiger charge is -2.37. The summed E-state index contributed by atoms with van der Waals surface area (Å²) in [5, 5.41) is 0. The van der Waals surface area contributed by atoms with Gasteiger partial charge in [0.25, 0.3) is 5.91 Å². The van der Waals surface area contributed by atoms with Crippen molar-refractivity contribution in [3.05, 3.63) is 11.5 Å². The molecule has 0 bridgehead atoms. The van der Waals surface area contributed by atoms with Crippen LogP contribution in [-0.2, 0) is 14.3 Å². The predicted molar refractivity (Wildman–Crippen MR) is 91.2 cm³/mol. The standard InChI is InChI=1S/C15H22ClN3O3S/c1-15(2)9-18(10-4-6-21-7-5-10)12(20)11-8-17-14(23-3)19(16)13(11)22-15/h8,10,14H,4-7,9H2,1-3H3. The van der Waals surface area contributed by atoms with Crippen LogP contribution in [0.4, 0.5) is 0 Å². The molecule has 8 heteroatoms. The molecule has 3 aliphatic rings. The SMILES string of the molecule is CSC1N=CC2=C(OC(C)(C)CN(C3CCOCC3)C2=O)N1Cl. The number of thioether (sulfide) groups is 1. The monoisotopic (exact) mass is 359 g/mol. The van der Waals surface area contributed by atoms with Crippen molar-refractivity contribution in [2.75, 3.05) is 26.0 Å². The molecule has 128 valence electrons. The third-order valence-corrected chi connectivity index (χ3v) is 5.42. The van der Waals surface area contributed by atoms with Crippen LogP contribution in [0.2, 0.25) is 0 Å². The molecule has 0 N–H and O–H groups in total. The predicted octanol–water partition coefficient (Wildman–Crippen LogP) is 2.20. The van der Waals surface area contributed by atoms with Crippen molar-refractivity contribution in [1.29, 1.82) is 0 Å². The van der Waals surface area contributed by atoms with E-state index < -0.39 is 5.60 Å². The van der Waals surface area contributed by atoms with Gasteiger partial charge >= 0.3 is 0 Å². The van der Waals surface area contributed by atoms with Gasteiger partial charge in [0.15, 0.2) is 5.50 Å². The Hall–Kier alpha value is -0.920. The molecule has 0 aromatic heterocycles. The number of ether oxygens (including phenoxy) is 2. The summed E-state index contributed by atoms with van der Waals surface area (Å²) >= 11 is 7.87. The Bertz CT molecular complexity index is 546. The van der Waals surface area contributed by atoms with Gasteiger partial charge < -0.3 is 14.4 Å². The van der Waals surface area contributed by atoms with Crippen molar-refractivity contribution in [2.24, 2.45) is 4.99 Å². The number of carbonyl (C=O) groups excluding carboxylic acids is 1. The largest absolute Gasteiger partial charge is 0.470 e. The van der Waals surface area contributed by atoms with Gasteiger partial charge in [-0.05, 0) is 32.9 Å². The van der Waals surface area contributed by atoms with Gasteiger partial charge in [-0.25, -0.2) is 4.42 Å². The van der Waals surface area contributed by atoms with Crippen molar-refractivity contribution in [2.45, 2.75) is 43.8 Å². The molecule has 1 saturated heterocycles. The summed E-state index contributed by atoms with van der Waals surface area (Å²) in [5.41, 5.74) is -0.372. The van der Waals surface area contributed by atoms with Gasteiger partial charge in [0.05, 0.1) is 6.54 Å². The van der Waals surface area contributed by atoms with E-state index in [0.717, 1.165) is 12.8 Å². The van der Waals surface area contributed by atoms with E-state index in [1.165, 1.54) is 16.2 Å². The number of hydrogen-bond acceptors (Lipinski definition) is 6. The summed E-state index contributed by atoms with van der Waals surface area (Å²) in [6.07, 6.45) is 5.21. The molecule has 0 aromatic carbocycles. The Kier molecular flexibility index (Phi) is 4.80. The zero-order valence-electron chi connectivity index (χ0n) is 13.6. The average Bonchev–Trinajstić information content (AvgIpc) is 2.64. The van der Waals surface area contributed by atoms with Crippen molar-refractivity contribution in [3.63, 3.8) is 0 Å². The zero-order valence-corrected chi connectivity index (χ0v) is 15.2. The summed E-state index contributed by atoms with van der Waals surface area (Å²) in [6.45, 7) is 5.85. The highest BCUT2D eigenvalue weighted by Crippen LogP contribution is 2.35. The maximum Gasteiger partial charge on any atom is 0.261 e. The molecule has 3 rings (SSSR count). The average molecular weight is 360 g/mol. The number of halogens is 1. The van der Waals surface area contributed by atoms with Crippen LogP contribution in [0.3, 0.4) is 0 Å². The fraction of sp³-hybridized carbons (Fsp3) is 0.733. The summed E-state index contributed by atoms with van der Waals surface area (Å²) in [7, 11) is 0. The molecule has 23 heavy (non-hydrogen) atoms. The highest BCUT2D eigenvalue weighted by Gasteiger charge is 2.42. The molecule has 0 spiro atoms. The van der Waals surface area contributed by atoms with Gasteiger partial charge in [0.2, 0.25) is 5.88 Å². The minimum Gasteiger partial charge on any atom is -0.470 e. The molecule has 1 unspecified atom stereocenters. The smallest absolute Gasteiger partial charge is 0.261 e. The van der Waals surface area contributed by atoms with Gasteiger partial charge in [0.1, 0.15) is 11.2 Å². The van der Waals surface area contributed by atoms with Crippen LogP contribution in [0.5, 0.6) is 0 Å². The van der Waals surface area contributed by atoms with E-state index in [0.29, 0.717) is 31.2 Å². The first-order valence-electron chi connectivity index (χ1n) is 7.76. The van der Waals surface area contributed by atoms with Crippen LogP contribution in [-0.4, -0.2) is 64.6 Å². The van der Waals surface area contributed by atoms with Crippen LogP contribution in [0, 0.1) is 0 Å². The maximum absolute atomic E-state index is 13.1. The van der Waals surface area contributed by atoms with Gasteiger partial charge in [-0.2, -0.15) is 0 Å². The number of hydrogen-bond donors (Lipinski definition) is 0. The molecule has 1 fully saturated rings. The second kappa shape index (κ2) is 6.53. The van der Waals surface area contributed by atoms with Crippen LogP contribution in [0.25, 0.3) is 0 Å². The molecule has 3 aliphatic heterocycles. The minimum atomic E-state index is -0.522. The second-order valence-electron chi connectivity index (χ2n) is 6.51. The van der Waals surface area contributed by atoms with Gasteiger partial charge in [-0.1, -0.05) is 0 Å². The molecular formula is C15H22ClN3O3S. The Morgan fingerprint density at radius 1 is 1.39 bits per heavy atom. The van der Waals surface area contributed by atoms with Crippen LogP contribution in [0.15, 0.2) is 16.4 Å². The molecule has 6 nitrogen and oxygen atoms in total. The Morgan fingerprint density at radius 3 is 2.74 bits per heavy atom. The van der Waals surface area contributed by atoms with Crippen molar-refractivity contribution in [1.82, 2.24) is 9.32 Å². The molecule has 0 aliphatic carbocycles. The van der Waals surface area contributed by atoms with Crippen LogP contribution >= 0.6 is 23.5 Å². The van der Waals surface area contributed by atoms with Gasteiger partial charge in [0, 0.05) is 37.2 Å². The lowest BCUT2D eigenvalue weighted by atomic mass is 10.0. The summed E-state index contributed by atoms with van der Waals surface area (Å²) < 4.78 is 13.0. The van der Waals surface area contributed by atoms with E-state index >= 15 is 0 Å². The molecule has 0 aromatic rings. The third-order valence-electron chi connectivity index (χ3n) is 4.21. The van der Waals surface area contributed by atoms with E-state index in [4.69, 9.17) is 21.3 Å². The third kappa shape index (κ3) is 3.32. The van der Waals surface area contributed by atoms with E-state index in [-0.39, 0.29) is 17.4 Å². The number of nitrogens with zero attached hydrogens (tertiary/aromatic N) is 3. The normalized spacial score (nSPS) is 28.5. The zero-order chi connectivity index (χ0) is 16.6. The van der Waals surface area contributed by atoms with Gasteiger partial charge in [-0.3, -0.25) is 9.79 Å². The lowest BCUT2D eigenvalue weighted by molar-refractivity contribution is -0.133. The number of carbonyl (C=O) groups is 1. The lowest BCUT2D eigenvalue weighted by Crippen LogP contribution is -2.49. The van der Waals surface area contributed by atoms with E-state index in [2.05, 4.69) is 4.99 Å². The van der Waals surface area contributed by atoms with Crippen molar-refractivity contribution < 1.29 is 14.3 Å². The molecule has 1 amide bonds. The quantitative estimate of drug-likeness (QED) is 0.707. The van der Waals surface area contributed by atoms with E-state index in [1.54, 1.807) is 6.21 Å². The summed E-state index contributed by atoms with van der Waals surface area (Å²) in [6, 6.07) is 0.168. The fourth-order valence-electron chi connectivity index (χ4n) is 3.09. The number of rotatable bonds is 2. The van der Waals surface area contributed by atoms with Crippen LogP contribution in [0.1, 0.15) is 26.7 Å². The van der Waals surface area contributed by atoms with Crippen molar-refractivity contribution >= 4 is 35.7 Å². The minimum absolute atomic E-state index is 0.0635. The number of amides is 1.